The van der Waals surface area contributed by atoms with E-state index in [-0.39, 0.29) is 0 Å². The van der Waals surface area contributed by atoms with Gasteiger partial charge in [0, 0.05) is 15.8 Å². The van der Waals surface area contributed by atoms with Crippen LogP contribution in [0.15, 0.2) is 48.5 Å². The Hall–Kier alpha value is -2.26. The van der Waals surface area contributed by atoms with Crippen LogP contribution >= 0.6 is 11.6 Å². The van der Waals surface area contributed by atoms with Gasteiger partial charge in [0.25, 0.3) is 0 Å². The van der Waals surface area contributed by atoms with Crippen molar-refractivity contribution in [1.29, 1.82) is 0 Å². The quantitative estimate of drug-likeness (QED) is 0.212. The van der Waals surface area contributed by atoms with Crippen LogP contribution in [0.1, 0.15) is 32.6 Å². The van der Waals surface area contributed by atoms with Gasteiger partial charge in [0.05, 0.1) is 6.61 Å². The molecule has 25 heavy (non-hydrogen) atoms. The molecule has 0 bridgehead atoms. The van der Waals surface area contributed by atoms with Gasteiger partial charge in [0.1, 0.15) is 5.75 Å². The SMILES string of the molecule is CCCCCCOC(=O)Oc1c2ccccc2cc2ccc(Cl)cc12. The molecule has 0 amide bonds. The highest BCUT2D eigenvalue weighted by molar-refractivity contribution is 6.31. The smallest absolute Gasteiger partial charge is 0.434 e. The fourth-order valence-corrected chi connectivity index (χ4v) is 3.07. The predicted octanol–water partition coefficient (Wildman–Crippen LogP) is 6.74. The molecule has 0 heterocycles. The minimum Gasteiger partial charge on any atom is -0.434 e. The molecule has 0 unspecified atom stereocenters. The molecule has 0 fully saturated rings. The van der Waals surface area contributed by atoms with E-state index in [1.54, 1.807) is 0 Å². The van der Waals surface area contributed by atoms with E-state index < -0.39 is 6.16 Å². The molecule has 3 nitrogen and oxygen atoms in total. The summed E-state index contributed by atoms with van der Waals surface area (Å²) < 4.78 is 10.8. The van der Waals surface area contributed by atoms with Crippen molar-refractivity contribution in [2.24, 2.45) is 0 Å². The molecule has 0 spiro atoms. The van der Waals surface area contributed by atoms with Crippen LogP contribution in [0.3, 0.4) is 0 Å². The number of carbonyl (C=O) groups excluding carboxylic acids is 1. The zero-order valence-corrected chi connectivity index (χ0v) is 15.0. The summed E-state index contributed by atoms with van der Waals surface area (Å²) in [4.78, 5) is 12.1. The minimum absolute atomic E-state index is 0.377. The van der Waals surface area contributed by atoms with Crippen molar-refractivity contribution in [2.75, 3.05) is 6.61 Å². The third-order valence-corrected chi connectivity index (χ3v) is 4.41. The van der Waals surface area contributed by atoms with Crippen LogP contribution in [0, 0.1) is 0 Å². The number of unbranched alkanes of at least 4 members (excludes halogenated alkanes) is 3. The fourth-order valence-electron chi connectivity index (χ4n) is 2.90. The molecule has 4 heteroatoms. The van der Waals surface area contributed by atoms with E-state index in [2.05, 4.69) is 13.0 Å². The summed E-state index contributed by atoms with van der Waals surface area (Å²) in [6.45, 7) is 2.52. The maximum absolute atomic E-state index is 12.1. The molecule has 0 N–H and O–H groups in total. The monoisotopic (exact) mass is 356 g/mol. The van der Waals surface area contributed by atoms with Crippen molar-refractivity contribution in [1.82, 2.24) is 0 Å². The van der Waals surface area contributed by atoms with Gasteiger partial charge < -0.3 is 9.47 Å². The van der Waals surface area contributed by atoms with E-state index in [0.29, 0.717) is 17.4 Å². The number of carbonyl (C=O) groups is 1. The van der Waals surface area contributed by atoms with Crippen LogP contribution in [0.25, 0.3) is 21.5 Å². The lowest BCUT2D eigenvalue weighted by molar-refractivity contribution is 0.0983. The second-order valence-electron chi connectivity index (χ2n) is 6.05. The van der Waals surface area contributed by atoms with Crippen LogP contribution < -0.4 is 4.74 Å². The predicted molar refractivity (Wildman–Crippen MR) is 103 cm³/mol. The Morgan fingerprint density at radius 1 is 0.960 bits per heavy atom. The largest absolute Gasteiger partial charge is 0.513 e. The summed E-state index contributed by atoms with van der Waals surface area (Å²) in [6.07, 6.45) is 3.52. The topological polar surface area (TPSA) is 35.5 Å². The van der Waals surface area contributed by atoms with Gasteiger partial charge in [-0.1, -0.05) is 68.1 Å². The minimum atomic E-state index is -0.672. The normalized spacial score (nSPS) is 11.0. The molecule has 0 saturated heterocycles. The van der Waals surface area contributed by atoms with Crippen molar-refractivity contribution < 1.29 is 14.3 Å². The lowest BCUT2D eigenvalue weighted by Crippen LogP contribution is -2.12. The zero-order chi connectivity index (χ0) is 17.6. The van der Waals surface area contributed by atoms with Gasteiger partial charge in [-0.3, -0.25) is 0 Å². The van der Waals surface area contributed by atoms with Crippen molar-refractivity contribution in [3.63, 3.8) is 0 Å². The molecule has 0 aliphatic carbocycles. The molecule has 0 saturated carbocycles. The highest BCUT2D eigenvalue weighted by atomic mass is 35.5. The molecule has 3 aromatic carbocycles. The lowest BCUT2D eigenvalue weighted by atomic mass is 10.0. The van der Waals surface area contributed by atoms with Gasteiger partial charge in [-0.15, -0.1) is 0 Å². The highest BCUT2D eigenvalue weighted by Crippen LogP contribution is 2.36. The molecule has 0 atom stereocenters. The maximum atomic E-state index is 12.1. The molecule has 0 aliphatic rings. The molecule has 3 rings (SSSR count). The van der Waals surface area contributed by atoms with Crippen molar-refractivity contribution in [3.05, 3.63) is 53.6 Å². The molecule has 0 aromatic heterocycles. The third-order valence-electron chi connectivity index (χ3n) is 4.18. The number of hydrogen-bond acceptors (Lipinski definition) is 3. The number of halogens is 1. The first kappa shape index (κ1) is 17.6. The van der Waals surface area contributed by atoms with Gasteiger partial charge in [-0.2, -0.15) is 0 Å². The zero-order valence-electron chi connectivity index (χ0n) is 14.3. The second kappa shape index (κ2) is 8.21. The van der Waals surface area contributed by atoms with Crippen LogP contribution in [0.5, 0.6) is 5.75 Å². The van der Waals surface area contributed by atoms with Gasteiger partial charge in [-0.05, 0) is 35.4 Å². The summed E-state index contributed by atoms with van der Waals surface area (Å²) in [5.41, 5.74) is 0. The van der Waals surface area contributed by atoms with E-state index in [1.165, 1.54) is 0 Å². The Morgan fingerprint density at radius 2 is 1.76 bits per heavy atom. The standard InChI is InChI=1S/C21H21ClO3/c1-2-3-4-7-12-24-21(23)25-20-18-9-6-5-8-15(18)13-16-10-11-17(22)14-19(16)20/h5-6,8-11,13-14H,2-4,7,12H2,1H3. The van der Waals surface area contributed by atoms with E-state index in [4.69, 9.17) is 21.1 Å². The van der Waals surface area contributed by atoms with E-state index in [0.717, 1.165) is 47.2 Å². The Labute approximate surface area is 152 Å². The highest BCUT2D eigenvalue weighted by Gasteiger charge is 2.14. The van der Waals surface area contributed by atoms with E-state index in [1.807, 2.05) is 42.5 Å². The van der Waals surface area contributed by atoms with Gasteiger partial charge in [0.2, 0.25) is 0 Å². The van der Waals surface area contributed by atoms with E-state index >= 15 is 0 Å². The Bertz CT molecular complexity index is 889. The number of ether oxygens (including phenoxy) is 2. The average Bonchev–Trinajstić information content (AvgIpc) is 2.62. The Kier molecular flexibility index (Phi) is 5.77. The fraction of sp³-hybridized carbons (Fsp3) is 0.286. The summed E-state index contributed by atoms with van der Waals surface area (Å²) in [6, 6.07) is 15.4. The molecule has 0 radical (unpaired) electrons. The van der Waals surface area contributed by atoms with Gasteiger partial charge >= 0.3 is 6.16 Å². The van der Waals surface area contributed by atoms with Crippen LogP contribution in [-0.2, 0) is 4.74 Å². The second-order valence-corrected chi connectivity index (χ2v) is 6.49. The summed E-state index contributed by atoms with van der Waals surface area (Å²) in [5.74, 6) is 0.495. The first-order chi connectivity index (χ1) is 12.2. The molecule has 0 aliphatic heterocycles. The molecule has 3 aromatic rings. The van der Waals surface area contributed by atoms with Gasteiger partial charge in [-0.25, -0.2) is 4.79 Å². The first-order valence-electron chi connectivity index (χ1n) is 8.64. The Balaban J connectivity index is 1.87. The van der Waals surface area contributed by atoms with Crippen LogP contribution in [0.2, 0.25) is 5.02 Å². The Morgan fingerprint density at radius 3 is 2.60 bits per heavy atom. The van der Waals surface area contributed by atoms with Crippen LogP contribution in [-0.4, -0.2) is 12.8 Å². The van der Waals surface area contributed by atoms with E-state index in [9.17, 15) is 4.79 Å². The van der Waals surface area contributed by atoms with Crippen molar-refractivity contribution in [3.8, 4) is 5.75 Å². The average molecular weight is 357 g/mol. The number of fused-ring (bicyclic) bond motifs is 2. The van der Waals surface area contributed by atoms with Crippen molar-refractivity contribution in [2.45, 2.75) is 32.6 Å². The van der Waals surface area contributed by atoms with Crippen molar-refractivity contribution >= 4 is 39.3 Å². The summed E-state index contributed by atoms with van der Waals surface area (Å²) in [5, 5.41) is 4.23. The maximum Gasteiger partial charge on any atom is 0.513 e. The molecular formula is C21H21ClO3. The first-order valence-corrected chi connectivity index (χ1v) is 9.02. The molecule has 130 valence electrons. The third kappa shape index (κ3) is 4.23. The summed E-state index contributed by atoms with van der Waals surface area (Å²) >= 11 is 6.14. The lowest BCUT2D eigenvalue weighted by Gasteiger charge is -2.12. The summed E-state index contributed by atoms with van der Waals surface area (Å²) in [7, 11) is 0. The molecular weight excluding hydrogens is 336 g/mol. The number of rotatable bonds is 6. The number of benzene rings is 3. The van der Waals surface area contributed by atoms with Crippen LogP contribution in [0.4, 0.5) is 4.79 Å². The van der Waals surface area contributed by atoms with Gasteiger partial charge in [0.15, 0.2) is 0 Å². The number of hydrogen-bond donors (Lipinski definition) is 0.